The quantitative estimate of drug-likeness (QED) is 0.505. The predicted molar refractivity (Wildman–Crippen MR) is 97.6 cm³/mol. The van der Waals surface area contributed by atoms with E-state index >= 15 is 0 Å². The molecule has 1 N–H and O–H groups in total. The molecule has 2 fully saturated rings. The van der Waals surface area contributed by atoms with Gasteiger partial charge < -0.3 is 10.1 Å². The maximum absolute atomic E-state index is 13.5. The summed E-state index contributed by atoms with van der Waals surface area (Å²) in [6, 6.07) is 7.93. The van der Waals surface area contributed by atoms with Crippen LogP contribution in [0.2, 0.25) is 0 Å². The van der Waals surface area contributed by atoms with Crippen LogP contribution in [0.4, 0.5) is 5.69 Å². The number of anilines is 1. The minimum Gasteiger partial charge on any atom is -0.468 e. The number of hydrogen-bond acceptors (Lipinski definition) is 4. The summed E-state index contributed by atoms with van der Waals surface area (Å²) in [6.07, 6.45) is 7.39. The topological polar surface area (TPSA) is 58.6 Å². The first kappa shape index (κ1) is 15.8. The fourth-order valence-electron chi connectivity index (χ4n) is 6.39. The zero-order valence-corrected chi connectivity index (χ0v) is 14.8. The number of esters is 1. The molecule has 5 heteroatoms. The molecule has 0 bridgehead atoms. The lowest BCUT2D eigenvalue weighted by atomic mass is 9.57. The number of carbonyl (C=O) groups excluding carboxylic acids is 2. The summed E-state index contributed by atoms with van der Waals surface area (Å²) in [5, 5.41) is 3.00. The molecule has 3 heterocycles. The molecule has 1 saturated heterocycles. The standard InChI is InChI=1S/C21H22N2O3/c1-3-19-9-6-11-23-12-10-20(16(19)23)14-7-4-5-8-15(14)22-17(24)21(20,13-19)18(25)26-2/h3-9,16H,1,10-13H2,2H3,(H,22,24)/t16-,19-,20+,21+/m0/s1. The Morgan fingerprint density at radius 3 is 3.00 bits per heavy atom. The molecule has 4 atom stereocenters. The normalized spacial score (nSPS) is 39.6. The number of methoxy groups -OCH3 is 1. The highest BCUT2D eigenvalue weighted by Crippen LogP contribution is 2.71. The maximum Gasteiger partial charge on any atom is 0.322 e. The van der Waals surface area contributed by atoms with E-state index < -0.39 is 22.2 Å². The molecule has 1 spiro atoms. The molecular weight excluding hydrogens is 328 g/mol. The number of benzene rings is 1. The molecule has 26 heavy (non-hydrogen) atoms. The van der Waals surface area contributed by atoms with Gasteiger partial charge in [-0.05, 0) is 31.0 Å². The highest BCUT2D eigenvalue weighted by Gasteiger charge is 2.79. The lowest BCUT2D eigenvalue weighted by Crippen LogP contribution is -2.61. The van der Waals surface area contributed by atoms with Crippen LogP contribution in [-0.2, 0) is 19.7 Å². The molecule has 0 aromatic heterocycles. The molecule has 1 aromatic rings. The van der Waals surface area contributed by atoms with Gasteiger partial charge >= 0.3 is 5.97 Å². The molecule has 1 aromatic carbocycles. The average Bonchev–Trinajstić information content (AvgIpc) is 3.19. The average molecular weight is 350 g/mol. The van der Waals surface area contributed by atoms with Gasteiger partial charge in [0.2, 0.25) is 5.91 Å². The summed E-state index contributed by atoms with van der Waals surface area (Å²) in [5.74, 6) is -0.677. The second kappa shape index (κ2) is 4.86. The van der Waals surface area contributed by atoms with E-state index in [1.807, 2.05) is 24.3 Å². The second-order valence-corrected chi connectivity index (χ2v) is 7.91. The summed E-state index contributed by atoms with van der Waals surface area (Å²) in [6.45, 7) is 5.79. The van der Waals surface area contributed by atoms with Gasteiger partial charge in [0.25, 0.3) is 0 Å². The fraction of sp³-hybridized carbons (Fsp3) is 0.429. The number of carbonyl (C=O) groups is 2. The van der Waals surface area contributed by atoms with Crippen molar-refractivity contribution in [2.75, 3.05) is 25.5 Å². The van der Waals surface area contributed by atoms with Crippen LogP contribution in [-0.4, -0.2) is 43.0 Å². The molecule has 1 saturated carbocycles. The number of nitrogens with zero attached hydrogens (tertiary/aromatic N) is 1. The van der Waals surface area contributed by atoms with Crippen molar-refractivity contribution in [2.24, 2.45) is 10.8 Å². The third kappa shape index (κ3) is 1.45. The molecule has 5 nitrogen and oxygen atoms in total. The van der Waals surface area contributed by atoms with Crippen molar-refractivity contribution in [1.82, 2.24) is 4.90 Å². The number of amides is 1. The SMILES string of the molecule is C=C[C@]12C=CCN3CC[C@@]4(c5ccccc5NC(=O)[C@@]4(C(=O)OC)C1)[C@@H]32. The number of para-hydroxylation sites is 1. The Balaban J connectivity index is 1.90. The van der Waals surface area contributed by atoms with Crippen LogP contribution in [0.3, 0.4) is 0 Å². The number of fused-ring (bicyclic) bond motifs is 1. The van der Waals surface area contributed by atoms with Crippen LogP contribution in [0.1, 0.15) is 18.4 Å². The van der Waals surface area contributed by atoms with E-state index in [4.69, 9.17) is 4.74 Å². The first-order valence-electron chi connectivity index (χ1n) is 9.10. The van der Waals surface area contributed by atoms with Crippen LogP contribution in [0.15, 0.2) is 49.1 Å². The number of hydrogen-bond donors (Lipinski definition) is 1. The molecule has 4 aliphatic rings. The first-order chi connectivity index (χ1) is 12.6. The Labute approximate surface area is 152 Å². The van der Waals surface area contributed by atoms with E-state index in [2.05, 4.69) is 35.0 Å². The minimum absolute atomic E-state index is 0.0313. The zero-order chi connectivity index (χ0) is 18.2. The molecule has 0 radical (unpaired) electrons. The van der Waals surface area contributed by atoms with E-state index in [0.29, 0.717) is 6.42 Å². The molecule has 5 rings (SSSR count). The summed E-state index contributed by atoms with van der Waals surface area (Å²) >= 11 is 0. The van der Waals surface area contributed by atoms with E-state index in [9.17, 15) is 9.59 Å². The Bertz CT molecular complexity index is 878. The van der Waals surface area contributed by atoms with Gasteiger partial charge in [-0.2, -0.15) is 0 Å². The Kier molecular flexibility index (Phi) is 2.96. The van der Waals surface area contributed by atoms with Crippen molar-refractivity contribution in [3.05, 3.63) is 54.6 Å². The van der Waals surface area contributed by atoms with Crippen LogP contribution in [0.25, 0.3) is 0 Å². The van der Waals surface area contributed by atoms with E-state index in [-0.39, 0.29) is 11.9 Å². The van der Waals surface area contributed by atoms with Gasteiger partial charge in [0.15, 0.2) is 5.41 Å². The molecule has 1 amide bonds. The van der Waals surface area contributed by atoms with Crippen molar-refractivity contribution >= 4 is 17.6 Å². The second-order valence-electron chi connectivity index (χ2n) is 7.91. The summed E-state index contributed by atoms with van der Waals surface area (Å²) in [7, 11) is 1.38. The summed E-state index contributed by atoms with van der Waals surface area (Å²) < 4.78 is 5.24. The fourth-order valence-corrected chi connectivity index (χ4v) is 6.39. The van der Waals surface area contributed by atoms with Crippen molar-refractivity contribution in [1.29, 1.82) is 0 Å². The summed E-state index contributed by atoms with van der Waals surface area (Å²) in [5.41, 5.74) is -0.390. The van der Waals surface area contributed by atoms with Crippen molar-refractivity contribution < 1.29 is 14.3 Å². The molecule has 1 aliphatic carbocycles. The van der Waals surface area contributed by atoms with E-state index in [0.717, 1.165) is 30.8 Å². The highest BCUT2D eigenvalue weighted by atomic mass is 16.5. The van der Waals surface area contributed by atoms with Gasteiger partial charge in [0.1, 0.15) is 0 Å². The molecular formula is C21H22N2O3. The predicted octanol–water partition coefficient (Wildman–Crippen LogP) is 2.26. The van der Waals surface area contributed by atoms with Gasteiger partial charge in [-0.1, -0.05) is 36.4 Å². The van der Waals surface area contributed by atoms with Crippen LogP contribution < -0.4 is 5.32 Å². The van der Waals surface area contributed by atoms with Crippen LogP contribution >= 0.6 is 0 Å². The Hall–Kier alpha value is -2.40. The largest absolute Gasteiger partial charge is 0.468 e. The molecule has 0 unspecified atom stereocenters. The Morgan fingerprint density at radius 2 is 2.23 bits per heavy atom. The summed E-state index contributed by atoms with van der Waals surface area (Å²) in [4.78, 5) is 29.1. The molecule has 3 aliphatic heterocycles. The van der Waals surface area contributed by atoms with Gasteiger partial charge in [-0.25, -0.2) is 0 Å². The van der Waals surface area contributed by atoms with Gasteiger partial charge in [-0.3, -0.25) is 14.5 Å². The van der Waals surface area contributed by atoms with Gasteiger partial charge in [0.05, 0.1) is 7.11 Å². The van der Waals surface area contributed by atoms with E-state index in [1.165, 1.54) is 7.11 Å². The molecule has 134 valence electrons. The lowest BCUT2D eigenvalue weighted by molar-refractivity contribution is -0.162. The Morgan fingerprint density at radius 1 is 1.42 bits per heavy atom. The first-order valence-corrected chi connectivity index (χ1v) is 9.10. The third-order valence-corrected chi connectivity index (χ3v) is 7.19. The smallest absolute Gasteiger partial charge is 0.322 e. The lowest BCUT2D eigenvalue weighted by Gasteiger charge is -2.48. The third-order valence-electron chi connectivity index (χ3n) is 7.19. The van der Waals surface area contributed by atoms with Crippen molar-refractivity contribution in [3.8, 4) is 0 Å². The van der Waals surface area contributed by atoms with Crippen LogP contribution in [0.5, 0.6) is 0 Å². The number of nitrogens with one attached hydrogen (secondary N) is 1. The number of rotatable bonds is 2. The highest BCUT2D eigenvalue weighted by molar-refractivity contribution is 6.14. The monoisotopic (exact) mass is 350 g/mol. The zero-order valence-electron chi connectivity index (χ0n) is 14.8. The van der Waals surface area contributed by atoms with Gasteiger partial charge in [0, 0.05) is 29.1 Å². The van der Waals surface area contributed by atoms with E-state index in [1.54, 1.807) is 0 Å². The number of ether oxygens (including phenoxy) is 1. The van der Waals surface area contributed by atoms with Crippen LogP contribution in [0, 0.1) is 10.8 Å². The minimum atomic E-state index is -1.24. The van der Waals surface area contributed by atoms with Crippen molar-refractivity contribution in [2.45, 2.75) is 24.3 Å². The maximum atomic E-state index is 13.5. The van der Waals surface area contributed by atoms with Crippen molar-refractivity contribution in [3.63, 3.8) is 0 Å². The van der Waals surface area contributed by atoms with Gasteiger partial charge in [-0.15, -0.1) is 6.58 Å².